The van der Waals surface area contributed by atoms with Crippen LogP contribution in [-0.2, 0) is 24.4 Å². The normalized spacial score (nSPS) is 12.6. The monoisotopic (exact) mass is 444 g/mol. The number of ketones is 1. The summed E-state index contributed by atoms with van der Waals surface area (Å²) < 4.78 is 24.0. The summed E-state index contributed by atoms with van der Waals surface area (Å²) in [6.45, 7) is 10.0. The number of carbonyl (C=O) groups is 1. The van der Waals surface area contributed by atoms with Crippen molar-refractivity contribution >= 4 is 14.6 Å². The first-order valence-electron chi connectivity index (χ1n) is 11.3. The molecule has 2 rings (SSSR count). The fraction of sp³-hybridized carbons (Fsp3) is 0.480. The van der Waals surface area contributed by atoms with Crippen LogP contribution in [-0.4, -0.2) is 41.0 Å². The minimum Gasteiger partial charge on any atom is -0.374 e. The van der Waals surface area contributed by atoms with Gasteiger partial charge in [0.1, 0.15) is 6.10 Å². The van der Waals surface area contributed by atoms with E-state index < -0.39 is 14.9 Å². The van der Waals surface area contributed by atoms with Crippen molar-refractivity contribution in [1.29, 1.82) is 0 Å². The number of benzene rings is 2. The number of hydrogen-bond acceptors (Lipinski definition) is 5. The Hall–Kier alpha value is -1.83. The lowest BCUT2D eigenvalue weighted by molar-refractivity contribution is 0.0406. The Balaban J connectivity index is 2.29. The maximum atomic E-state index is 13.6. The molecule has 1 unspecified atom stereocenters. The lowest BCUT2D eigenvalue weighted by Gasteiger charge is -2.28. The van der Waals surface area contributed by atoms with Crippen LogP contribution in [0.3, 0.4) is 0 Å². The molecule has 0 heterocycles. The Morgan fingerprint density at radius 3 is 2.00 bits per heavy atom. The van der Waals surface area contributed by atoms with Gasteiger partial charge in [-0.2, -0.15) is 0 Å². The topological polar surface area (TPSA) is 54.0 Å². The molecule has 0 saturated carbocycles. The molecule has 0 aliphatic heterocycles. The molecule has 0 radical (unpaired) electrons. The fourth-order valence-corrected chi connectivity index (χ4v) is 6.17. The van der Waals surface area contributed by atoms with Crippen molar-refractivity contribution in [2.24, 2.45) is 0 Å². The zero-order valence-electron chi connectivity index (χ0n) is 19.3. The van der Waals surface area contributed by atoms with E-state index in [0.29, 0.717) is 44.5 Å². The zero-order valence-corrected chi connectivity index (χ0v) is 20.3. The molecule has 0 N–H and O–H groups in total. The predicted molar refractivity (Wildman–Crippen MR) is 125 cm³/mol. The van der Waals surface area contributed by atoms with Gasteiger partial charge in [-0.3, -0.25) is 4.79 Å². The standard InChI is InChI=1S/C25H36O5Si/c1-5-19-27-25(22-15-10-9-11-16-22)24(26)23-17-13-12-14-21(23)18-20-31(28-6-2,29-7-3)30-8-4/h9-17,25H,5-8,18-20H2,1-4H3. The molecule has 0 aliphatic rings. The minimum atomic E-state index is -2.79. The average molecular weight is 445 g/mol. The number of carbonyl (C=O) groups excluding carboxylic acids is 1. The number of ether oxygens (including phenoxy) is 1. The molecular weight excluding hydrogens is 408 g/mol. The summed E-state index contributed by atoms with van der Waals surface area (Å²) in [5, 5.41) is 0. The van der Waals surface area contributed by atoms with Crippen LogP contribution in [0.2, 0.25) is 6.04 Å². The molecule has 2 aromatic rings. The molecule has 0 bridgehead atoms. The summed E-state index contributed by atoms with van der Waals surface area (Å²) in [6, 6.07) is 18.1. The average Bonchev–Trinajstić information content (AvgIpc) is 2.79. The number of aryl methyl sites for hydroxylation is 1. The molecule has 0 fully saturated rings. The second-order valence-electron chi connectivity index (χ2n) is 7.16. The molecule has 0 spiro atoms. The zero-order chi connectivity index (χ0) is 22.5. The van der Waals surface area contributed by atoms with E-state index in [0.717, 1.165) is 17.5 Å². The first-order chi connectivity index (χ1) is 15.1. The van der Waals surface area contributed by atoms with Gasteiger partial charge >= 0.3 is 8.80 Å². The summed E-state index contributed by atoms with van der Waals surface area (Å²) in [6.07, 6.45) is 0.877. The molecule has 2 aromatic carbocycles. The molecule has 0 amide bonds. The predicted octanol–water partition coefficient (Wildman–Crippen LogP) is 5.63. The first-order valence-corrected chi connectivity index (χ1v) is 13.2. The molecule has 6 heteroatoms. The Labute approximate surface area is 188 Å². The van der Waals surface area contributed by atoms with Crippen molar-refractivity contribution in [3.63, 3.8) is 0 Å². The second-order valence-corrected chi connectivity index (χ2v) is 9.90. The van der Waals surface area contributed by atoms with Gasteiger partial charge < -0.3 is 18.0 Å². The lowest BCUT2D eigenvalue weighted by atomic mass is 9.95. The van der Waals surface area contributed by atoms with Crippen LogP contribution >= 0.6 is 0 Å². The number of Topliss-reactive ketones (excluding diaryl/α,β-unsaturated/α-hetero) is 1. The van der Waals surface area contributed by atoms with Gasteiger partial charge in [-0.25, -0.2) is 0 Å². The Kier molecular flexibility index (Phi) is 11.1. The highest BCUT2D eigenvalue weighted by molar-refractivity contribution is 6.60. The summed E-state index contributed by atoms with van der Waals surface area (Å²) in [4.78, 5) is 13.6. The molecule has 1 atom stereocenters. The number of hydrogen-bond donors (Lipinski definition) is 0. The van der Waals surface area contributed by atoms with Gasteiger partial charge in [-0.05, 0) is 44.7 Å². The SMILES string of the molecule is CCCOC(C(=O)c1ccccc1CC[Si](OCC)(OCC)OCC)c1ccccc1. The summed E-state index contributed by atoms with van der Waals surface area (Å²) in [5.74, 6) is -0.0215. The number of rotatable bonds is 15. The second kappa shape index (κ2) is 13.6. The molecule has 170 valence electrons. The smallest absolute Gasteiger partial charge is 0.374 e. The molecule has 31 heavy (non-hydrogen) atoms. The van der Waals surface area contributed by atoms with E-state index in [4.69, 9.17) is 18.0 Å². The van der Waals surface area contributed by atoms with Crippen molar-refractivity contribution in [3.8, 4) is 0 Å². The highest BCUT2D eigenvalue weighted by atomic mass is 28.4. The van der Waals surface area contributed by atoms with Crippen LogP contribution in [0.5, 0.6) is 0 Å². The summed E-state index contributed by atoms with van der Waals surface area (Å²) in [7, 11) is -2.79. The fourth-order valence-electron chi connectivity index (χ4n) is 3.60. The summed E-state index contributed by atoms with van der Waals surface area (Å²) in [5.41, 5.74) is 2.52. The van der Waals surface area contributed by atoms with Crippen molar-refractivity contribution < 1.29 is 22.8 Å². The highest BCUT2D eigenvalue weighted by Gasteiger charge is 2.40. The molecule has 0 saturated heterocycles. The van der Waals surface area contributed by atoms with Gasteiger partial charge in [0.2, 0.25) is 0 Å². The lowest BCUT2D eigenvalue weighted by Crippen LogP contribution is -2.46. The van der Waals surface area contributed by atoms with E-state index in [2.05, 4.69) is 0 Å². The Bertz CT molecular complexity index is 763. The van der Waals surface area contributed by atoms with Crippen LogP contribution in [0.1, 0.15) is 61.7 Å². The van der Waals surface area contributed by atoms with Crippen LogP contribution in [0.15, 0.2) is 54.6 Å². The Morgan fingerprint density at radius 1 is 0.839 bits per heavy atom. The van der Waals surface area contributed by atoms with Crippen molar-refractivity contribution in [1.82, 2.24) is 0 Å². The van der Waals surface area contributed by atoms with E-state index >= 15 is 0 Å². The van der Waals surface area contributed by atoms with Crippen LogP contribution in [0.4, 0.5) is 0 Å². The molecule has 0 aromatic heterocycles. The van der Waals surface area contributed by atoms with Crippen molar-refractivity contribution in [2.45, 2.75) is 52.7 Å². The van der Waals surface area contributed by atoms with Crippen LogP contribution in [0, 0.1) is 0 Å². The van der Waals surface area contributed by atoms with Crippen LogP contribution < -0.4 is 0 Å². The quantitative estimate of drug-likeness (QED) is 0.263. The van der Waals surface area contributed by atoms with Gasteiger partial charge in [0.15, 0.2) is 5.78 Å². The van der Waals surface area contributed by atoms with E-state index in [9.17, 15) is 4.79 Å². The third-order valence-corrected chi connectivity index (χ3v) is 7.95. The van der Waals surface area contributed by atoms with Gasteiger partial charge in [-0.1, -0.05) is 61.5 Å². The van der Waals surface area contributed by atoms with Crippen LogP contribution in [0.25, 0.3) is 0 Å². The maximum Gasteiger partial charge on any atom is 0.501 e. The van der Waals surface area contributed by atoms with E-state index in [1.807, 2.05) is 82.3 Å². The third-order valence-electron chi connectivity index (χ3n) is 4.91. The van der Waals surface area contributed by atoms with Gasteiger partial charge in [0.25, 0.3) is 0 Å². The molecule has 5 nitrogen and oxygen atoms in total. The largest absolute Gasteiger partial charge is 0.501 e. The van der Waals surface area contributed by atoms with Crippen molar-refractivity contribution in [2.75, 3.05) is 26.4 Å². The van der Waals surface area contributed by atoms with E-state index in [-0.39, 0.29) is 5.78 Å². The molecular formula is C25H36O5Si. The van der Waals surface area contributed by atoms with Gasteiger partial charge in [-0.15, -0.1) is 0 Å². The van der Waals surface area contributed by atoms with Gasteiger partial charge in [0, 0.05) is 38.0 Å². The van der Waals surface area contributed by atoms with Gasteiger partial charge in [0.05, 0.1) is 0 Å². The third kappa shape index (κ3) is 7.37. The van der Waals surface area contributed by atoms with Crippen molar-refractivity contribution in [3.05, 3.63) is 71.3 Å². The Morgan fingerprint density at radius 2 is 1.42 bits per heavy atom. The highest BCUT2D eigenvalue weighted by Crippen LogP contribution is 2.27. The molecule has 0 aliphatic carbocycles. The van der Waals surface area contributed by atoms with E-state index in [1.54, 1.807) is 0 Å². The van der Waals surface area contributed by atoms with E-state index in [1.165, 1.54) is 0 Å². The first kappa shape index (κ1) is 25.4. The summed E-state index contributed by atoms with van der Waals surface area (Å²) >= 11 is 0. The maximum absolute atomic E-state index is 13.6. The minimum absolute atomic E-state index is 0.0215.